The second-order valence-electron chi connectivity index (χ2n) is 4.39. The molecule has 0 fully saturated rings. The molecule has 3 heteroatoms. The van der Waals surface area contributed by atoms with E-state index in [1.807, 2.05) is 30.3 Å². The average Bonchev–Trinajstić information content (AvgIpc) is 2.42. The first-order valence-corrected chi connectivity index (χ1v) is 6.39. The number of benzene rings is 2. The second kappa shape index (κ2) is 5.01. The van der Waals surface area contributed by atoms with Gasteiger partial charge in [0, 0.05) is 0 Å². The molecule has 0 saturated carbocycles. The molecule has 1 aliphatic heterocycles. The predicted molar refractivity (Wildman–Crippen MR) is 73.9 cm³/mol. The van der Waals surface area contributed by atoms with Gasteiger partial charge in [-0.2, -0.15) is 0 Å². The van der Waals surface area contributed by atoms with Crippen molar-refractivity contribution in [3.63, 3.8) is 0 Å². The molecule has 1 atom stereocenters. The molecule has 0 radical (unpaired) electrons. The van der Waals surface area contributed by atoms with Crippen molar-refractivity contribution in [2.75, 3.05) is 11.9 Å². The Morgan fingerprint density at radius 2 is 1.83 bits per heavy atom. The molecule has 1 heterocycles. The SMILES string of the molecule is Clc1ccccc1NC1COCc2ccccc21. The molecule has 0 saturated heterocycles. The van der Waals surface area contributed by atoms with Crippen molar-refractivity contribution in [1.82, 2.24) is 0 Å². The molecule has 92 valence electrons. The molecule has 2 nitrogen and oxygen atoms in total. The number of hydrogen-bond acceptors (Lipinski definition) is 2. The molecule has 2 aromatic carbocycles. The van der Waals surface area contributed by atoms with Gasteiger partial charge in [0.05, 0.1) is 30.0 Å². The maximum atomic E-state index is 6.17. The summed E-state index contributed by atoms with van der Waals surface area (Å²) in [5, 5.41) is 4.19. The third kappa shape index (κ3) is 2.22. The van der Waals surface area contributed by atoms with Crippen LogP contribution in [-0.4, -0.2) is 6.61 Å². The van der Waals surface area contributed by atoms with E-state index in [0.29, 0.717) is 13.2 Å². The van der Waals surface area contributed by atoms with E-state index in [2.05, 4.69) is 23.5 Å². The fourth-order valence-corrected chi connectivity index (χ4v) is 2.46. The highest BCUT2D eigenvalue weighted by Crippen LogP contribution is 2.30. The summed E-state index contributed by atoms with van der Waals surface area (Å²) in [6, 6.07) is 16.3. The number of nitrogens with one attached hydrogen (secondary N) is 1. The Morgan fingerprint density at radius 1 is 1.06 bits per heavy atom. The smallest absolute Gasteiger partial charge is 0.0751 e. The molecule has 0 aromatic heterocycles. The van der Waals surface area contributed by atoms with Crippen LogP contribution in [0.25, 0.3) is 0 Å². The Hall–Kier alpha value is -1.51. The summed E-state index contributed by atoms with van der Waals surface area (Å²) in [5.74, 6) is 0. The third-order valence-electron chi connectivity index (χ3n) is 3.18. The van der Waals surface area contributed by atoms with Gasteiger partial charge < -0.3 is 10.1 Å². The van der Waals surface area contributed by atoms with E-state index in [1.165, 1.54) is 11.1 Å². The molecule has 3 rings (SSSR count). The van der Waals surface area contributed by atoms with Gasteiger partial charge in [0.15, 0.2) is 0 Å². The minimum Gasteiger partial charge on any atom is -0.375 e. The van der Waals surface area contributed by atoms with Gasteiger partial charge in [-0.3, -0.25) is 0 Å². The van der Waals surface area contributed by atoms with E-state index in [9.17, 15) is 0 Å². The quantitative estimate of drug-likeness (QED) is 0.879. The van der Waals surface area contributed by atoms with Crippen LogP contribution < -0.4 is 5.32 Å². The van der Waals surface area contributed by atoms with E-state index >= 15 is 0 Å². The number of ether oxygens (including phenoxy) is 1. The molecule has 0 spiro atoms. The number of fused-ring (bicyclic) bond motifs is 1. The average molecular weight is 260 g/mol. The second-order valence-corrected chi connectivity index (χ2v) is 4.80. The van der Waals surface area contributed by atoms with E-state index < -0.39 is 0 Å². The van der Waals surface area contributed by atoms with Crippen LogP contribution in [0, 0.1) is 0 Å². The summed E-state index contributed by atoms with van der Waals surface area (Å²) in [7, 11) is 0. The van der Waals surface area contributed by atoms with Gasteiger partial charge in [-0.25, -0.2) is 0 Å². The van der Waals surface area contributed by atoms with Gasteiger partial charge in [0.2, 0.25) is 0 Å². The highest BCUT2D eigenvalue weighted by molar-refractivity contribution is 6.33. The lowest BCUT2D eigenvalue weighted by atomic mass is 9.99. The van der Waals surface area contributed by atoms with Crippen molar-refractivity contribution in [2.45, 2.75) is 12.6 Å². The highest BCUT2D eigenvalue weighted by Gasteiger charge is 2.20. The number of rotatable bonds is 2. The van der Waals surface area contributed by atoms with E-state index in [-0.39, 0.29) is 6.04 Å². The van der Waals surface area contributed by atoms with Gasteiger partial charge in [-0.05, 0) is 23.3 Å². The Bertz CT molecular complexity index is 556. The van der Waals surface area contributed by atoms with E-state index in [1.54, 1.807) is 0 Å². The zero-order valence-corrected chi connectivity index (χ0v) is 10.7. The van der Waals surface area contributed by atoms with Gasteiger partial charge in [-0.15, -0.1) is 0 Å². The van der Waals surface area contributed by atoms with Crippen molar-refractivity contribution in [1.29, 1.82) is 0 Å². The van der Waals surface area contributed by atoms with Crippen LogP contribution in [0.4, 0.5) is 5.69 Å². The van der Waals surface area contributed by atoms with Gasteiger partial charge in [0.25, 0.3) is 0 Å². The first kappa shape index (κ1) is 11.6. The fourth-order valence-electron chi connectivity index (χ4n) is 2.27. The van der Waals surface area contributed by atoms with Gasteiger partial charge in [-0.1, -0.05) is 48.0 Å². The molecular formula is C15H14ClNO. The van der Waals surface area contributed by atoms with Crippen molar-refractivity contribution < 1.29 is 4.74 Å². The van der Waals surface area contributed by atoms with Gasteiger partial charge >= 0.3 is 0 Å². The highest BCUT2D eigenvalue weighted by atomic mass is 35.5. The molecule has 0 bridgehead atoms. The summed E-state index contributed by atoms with van der Waals surface area (Å²) < 4.78 is 5.62. The molecule has 2 aromatic rings. The minimum atomic E-state index is 0.162. The summed E-state index contributed by atoms with van der Waals surface area (Å²) >= 11 is 6.17. The maximum absolute atomic E-state index is 6.17. The zero-order chi connectivity index (χ0) is 12.4. The van der Waals surface area contributed by atoms with Crippen LogP contribution in [0.3, 0.4) is 0 Å². The fraction of sp³-hybridized carbons (Fsp3) is 0.200. The Kier molecular flexibility index (Phi) is 3.22. The first-order valence-electron chi connectivity index (χ1n) is 6.01. The third-order valence-corrected chi connectivity index (χ3v) is 3.51. The predicted octanol–water partition coefficient (Wildman–Crippen LogP) is 4.02. The number of halogens is 1. The summed E-state index contributed by atoms with van der Waals surface area (Å²) in [6.07, 6.45) is 0. The maximum Gasteiger partial charge on any atom is 0.0751 e. The lowest BCUT2D eigenvalue weighted by Crippen LogP contribution is -2.23. The summed E-state index contributed by atoms with van der Waals surface area (Å²) in [6.45, 7) is 1.36. The number of hydrogen-bond donors (Lipinski definition) is 1. The minimum absolute atomic E-state index is 0.162. The molecule has 1 aliphatic rings. The lowest BCUT2D eigenvalue weighted by Gasteiger charge is -2.27. The zero-order valence-electron chi connectivity index (χ0n) is 9.90. The monoisotopic (exact) mass is 259 g/mol. The first-order chi connectivity index (χ1) is 8.84. The summed E-state index contributed by atoms with van der Waals surface area (Å²) in [5.41, 5.74) is 3.49. The van der Waals surface area contributed by atoms with Crippen molar-refractivity contribution in [3.8, 4) is 0 Å². The van der Waals surface area contributed by atoms with Crippen LogP contribution >= 0.6 is 11.6 Å². The van der Waals surface area contributed by atoms with Crippen LogP contribution in [0.2, 0.25) is 5.02 Å². The Labute approximate surface area is 112 Å². The van der Waals surface area contributed by atoms with E-state index in [4.69, 9.17) is 16.3 Å². The van der Waals surface area contributed by atoms with E-state index in [0.717, 1.165) is 10.7 Å². The molecule has 18 heavy (non-hydrogen) atoms. The van der Waals surface area contributed by atoms with Crippen LogP contribution in [-0.2, 0) is 11.3 Å². The Morgan fingerprint density at radius 3 is 2.72 bits per heavy atom. The number of para-hydroxylation sites is 1. The van der Waals surface area contributed by atoms with Crippen molar-refractivity contribution >= 4 is 17.3 Å². The molecule has 0 aliphatic carbocycles. The van der Waals surface area contributed by atoms with Crippen LogP contribution in [0.5, 0.6) is 0 Å². The van der Waals surface area contributed by atoms with Crippen LogP contribution in [0.15, 0.2) is 48.5 Å². The molecule has 1 N–H and O–H groups in total. The van der Waals surface area contributed by atoms with Crippen molar-refractivity contribution in [3.05, 3.63) is 64.7 Å². The van der Waals surface area contributed by atoms with Crippen LogP contribution in [0.1, 0.15) is 17.2 Å². The standard InChI is InChI=1S/C15H14ClNO/c16-13-7-3-4-8-14(13)17-15-10-18-9-11-5-1-2-6-12(11)15/h1-8,15,17H,9-10H2. The van der Waals surface area contributed by atoms with Crippen molar-refractivity contribution in [2.24, 2.45) is 0 Å². The van der Waals surface area contributed by atoms with Gasteiger partial charge in [0.1, 0.15) is 0 Å². The largest absolute Gasteiger partial charge is 0.375 e. The Balaban J connectivity index is 1.89. The molecule has 0 amide bonds. The summed E-state index contributed by atoms with van der Waals surface area (Å²) in [4.78, 5) is 0. The number of anilines is 1. The topological polar surface area (TPSA) is 21.3 Å². The normalized spacial score (nSPS) is 18.2. The lowest BCUT2D eigenvalue weighted by molar-refractivity contribution is 0.0970. The molecule has 1 unspecified atom stereocenters. The molecular weight excluding hydrogens is 246 g/mol.